The van der Waals surface area contributed by atoms with Gasteiger partial charge in [-0.05, 0) is 61.2 Å². The first-order valence-electron chi connectivity index (χ1n) is 6.78. The second-order valence-electron chi connectivity index (χ2n) is 5.28. The van der Waals surface area contributed by atoms with Crippen molar-refractivity contribution in [2.24, 2.45) is 5.73 Å². The molecule has 2 rings (SSSR count). The van der Waals surface area contributed by atoms with E-state index < -0.39 is 5.91 Å². The average Bonchev–Trinajstić information content (AvgIpc) is 2.42. The van der Waals surface area contributed by atoms with E-state index in [0.717, 1.165) is 0 Å². The van der Waals surface area contributed by atoms with Gasteiger partial charge in [0.15, 0.2) is 0 Å². The molecule has 0 aliphatic rings. The van der Waals surface area contributed by atoms with E-state index in [1.165, 1.54) is 22.3 Å². The third-order valence-electron chi connectivity index (χ3n) is 3.67. The number of carbonyl (C=O) groups is 1. The van der Waals surface area contributed by atoms with Gasteiger partial charge in [0.05, 0.1) is 10.7 Å². The van der Waals surface area contributed by atoms with Crippen LogP contribution < -0.4 is 11.1 Å². The smallest absolute Gasteiger partial charge is 0.248 e. The van der Waals surface area contributed by atoms with E-state index in [4.69, 9.17) is 17.3 Å². The van der Waals surface area contributed by atoms with Crippen LogP contribution in [-0.4, -0.2) is 5.91 Å². The van der Waals surface area contributed by atoms with Gasteiger partial charge in [0.25, 0.3) is 0 Å². The number of nitrogens with one attached hydrogen (secondary N) is 1. The molecule has 0 spiro atoms. The van der Waals surface area contributed by atoms with E-state index in [1.54, 1.807) is 18.2 Å². The molecule has 4 heteroatoms. The first-order valence-corrected chi connectivity index (χ1v) is 7.16. The van der Waals surface area contributed by atoms with Gasteiger partial charge in [0, 0.05) is 12.1 Å². The molecule has 0 aliphatic carbocycles. The molecule has 21 heavy (non-hydrogen) atoms. The number of hydrogen-bond donors (Lipinski definition) is 2. The van der Waals surface area contributed by atoms with Crippen LogP contribution >= 0.6 is 11.6 Å². The molecule has 0 radical (unpaired) electrons. The fourth-order valence-electron chi connectivity index (χ4n) is 2.22. The number of halogens is 1. The molecule has 0 aliphatic heterocycles. The van der Waals surface area contributed by atoms with Gasteiger partial charge in [-0.15, -0.1) is 0 Å². The third-order valence-corrected chi connectivity index (χ3v) is 4.00. The molecule has 1 amide bonds. The molecule has 2 aromatic rings. The van der Waals surface area contributed by atoms with Crippen LogP contribution in [0.5, 0.6) is 0 Å². The normalized spacial score (nSPS) is 10.5. The van der Waals surface area contributed by atoms with Crippen molar-refractivity contribution in [1.82, 2.24) is 0 Å². The van der Waals surface area contributed by atoms with Crippen molar-refractivity contribution in [3.8, 4) is 0 Å². The zero-order valence-corrected chi connectivity index (χ0v) is 13.2. The number of benzene rings is 2. The molecule has 0 heterocycles. The van der Waals surface area contributed by atoms with Crippen LogP contribution in [0, 0.1) is 20.8 Å². The molecule has 0 atom stereocenters. The van der Waals surface area contributed by atoms with Gasteiger partial charge in [0.1, 0.15) is 0 Å². The molecule has 2 aromatic carbocycles. The molecule has 0 saturated heterocycles. The SMILES string of the molecule is Cc1cc(C)c(CNc2cc(C(N)=O)ccc2Cl)cc1C. The highest BCUT2D eigenvalue weighted by Crippen LogP contribution is 2.24. The lowest BCUT2D eigenvalue weighted by Gasteiger charge is -2.13. The van der Waals surface area contributed by atoms with Crippen molar-refractivity contribution in [1.29, 1.82) is 0 Å². The Hall–Kier alpha value is -2.00. The standard InChI is InChI=1S/C17H19ClN2O/c1-10-6-12(3)14(7-11(10)2)9-20-16-8-13(17(19)21)4-5-15(16)18/h4-8,20H,9H2,1-3H3,(H2,19,21). The predicted octanol–water partition coefficient (Wildman–Crippen LogP) is 3.98. The minimum absolute atomic E-state index is 0.443. The Morgan fingerprint density at radius 2 is 1.76 bits per heavy atom. The van der Waals surface area contributed by atoms with Gasteiger partial charge >= 0.3 is 0 Å². The maximum Gasteiger partial charge on any atom is 0.248 e. The van der Waals surface area contributed by atoms with Crippen molar-refractivity contribution in [3.05, 3.63) is 63.2 Å². The van der Waals surface area contributed by atoms with Gasteiger partial charge in [0.2, 0.25) is 5.91 Å². The maximum absolute atomic E-state index is 11.2. The fraction of sp³-hybridized carbons (Fsp3) is 0.235. The number of hydrogen-bond acceptors (Lipinski definition) is 2. The molecular weight excluding hydrogens is 284 g/mol. The molecule has 0 saturated carbocycles. The van der Waals surface area contributed by atoms with Crippen molar-refractivity contribution in [2.45, 2.75) is 27.3 Å². The Balaban J connectivity index is 2.22. The maximum atomic E-state index is 11.2. The molecular formula is C17H19ClN2O. The van der Waals surface area contributed by atoms with Gasteiger partial charge < -0.3 is 11.1 Å². The van der Waals surface area contributed by atoms with E-state index in [1.807, 2.05) is 0 Å². The van der Waals surface area contributed by atoms with E-state index >= 15 is 0 Å². The molecule has 0 fully saturated rings. The minimum Gasteiger partial charge on any atom is -0.380 e. The van der Waals surface area contributed by atoms with Crippen LogP contribution in [0.1, 0.15) is 32.6 Å². The van der Waals surface area contributed by atoms with Gasteiger partial charge in [-0.2, -0.15) is 0 Å². The summed E-state index contributed by atoms with van der Waals surface area (Å²) in [7, 11) is 0. The Bertz CT molecular complexity index is 695. The molecule has 110 valence electrons. The highest BCUT2D eigenvalue weighted by Gasteiger charge is 2.07. The monoisotopic (exact) mass is 302 g/mol. The second kappa shape index (κ2) is 6.19. The lowest BCUT2D eigenvalue weighted by molar-refractivity contribution is 0.100. The van der Waals surface area contributed by atoms with Crippen molar-refractivity contribution < 1.29 is 4.79 Å². The summed E-state index contributed by atoms with van der Waals surface area (Å²) in [4.78, 5) is 11.2. The summed E-state index contributed by atoms with van der Waals surface area (Å²) in [5.41, 5.74) is 11.4. The predicted molar refractivity (Wildman–Crippen MR) is 87.9 cm³/mol. The molecule has 0 unspecified atom stereocenters. The summed E-state index contributed by atoms with van der Waals surface area (Å²) in [6, 6.07) is 9.33. The topological polar surface area (TPSA) is 55.1 Å². The Morgan fingerprint density at radius 1 is 1.10 bits per heavy atom. The summed E-state index contributed by atoms with van der Waals surface area (Å²) in [6.07, 6.45) is 0. The van der Waals surface area contributed by atoms with E-state index in [9.17, 15) is 4.79 Å². The summed E-state index contributed by atoms with van der Waals surface area (Å²) in [5, 5.41) is 3.84. The van der Waals surface area contributed by atoms with Crippen molar-refractivity contribution >= 4 is 23.2 Å². The molecule has 0 bridgehead atoms. The number of primary amides is 1. The molecule has 0 aromatic heterocycles. The van der Waals surface area contributed by atoms with Crippen LogP contribution in [0.25, 0.3) is 0 Å². The summed E-state index contributed by atoms with van der Waals surface area (Å²) >= 11 is 6.15. The Morgan fingerprint density at radius 3 is 2.43 bits per heavy atom. The molecule has 3 N–H and O–H groups in total. The number of nitrogens with two attached hydrogens (primary N) is 1. The van der Waals surface area contributed by atoms with Crippen LogP contribution in [0.3, 0.4) is 0 Å². The summed E-state index contributed by atoms with van der Waals surface area (Å²) in [6.45, 7) is 6.94. The number of carbonyl (C=O) groups excluding carboxylic acids is 1. The summed E-state index contributed by atoms with van der Waals surface area (Å²) < 4.78 is 0. The second-order valence-corrected chi connectivity index (χ2v) is 5.68. The largest absolute Gasteiger partial charge is 0.380 e. The minimum atomic E-state index is -0.461. The van der Waals surface area contributed by atoms with E-state index in [-0.39, 0.29) is 0 Å². The number of amides is 1. The Kier molecular flexibility index (Phi) is 4.53. The first-order chi connectivity index (χ1) is 9.88. The lowest BCUT2D eigenvalue weighted by atomic mass is 10.0. The van der Waals surface area contributed by atoms with Crippen LogP contribution in [0.15, 0.2) is 30.3 Å². The van der Waals surface area contributed by atoms with Crippen LogP contribution in [0.2, 0.25) is 5.02 Å². The van der Waals surface area contributed by atoms with Gasteiger partial charge in [-0.1, -0.05) is 23.7 Å². The van der Waals surface area contributed by atoms with Crippen molar-refractivity contribution in [3.63, 3.8) is 0 Å². The summed E-state index contributed by atoms with van der Waals surface area (Å²) in [5.74, 6) is -0.461. The van der Waals surface area contributed by atoms with Crippen molar-refractivity contribution in [2.75, 3.05) is 5.32 Å². The average molecular weight is 303 g/mol. The zero-order valence-electron chi connectivity index (χ0n) is 12.5. The van der Waals surface area contributed by atoms with E-state index in [2.05, 4.69) is 38.2 Å². The third kappa shape index (κ3) is 3.56. The van der Waals surface area contributed by atoms with Crippen LogP contribution in [0.4, 0.5) is 5.69 Å². The lowest BCUT2D eigenvalue weighted by Crippen LogP contribution is -2.11. The number of rotatable bonds is 4. The quantitative estimate of drug-likeness (QED) is 0.897. The fourth-order valence-corrected chi connectivity index (χ4v) is 2.40. The highest BCUT2D eigenvalue weighted by atomic mass is 35.5. The Labute approximate surface area is 130 Å². The highest BCUT2D eigenvalue weighted by molar-refractivity contribution is 6.33. The number of anilines is 1. The van der Waals surface area contributed by atoms with Gasteiger partial charge in [-0.3, -0.25) is 4.79 Å². The zero-order chi connectivity index (χ0) is 15.6. The molecule has 3 nitrogen and oxygen atoms in total. The van der Waals surface area contributed by atoms with Crippen LogP contribution in [-0.2, 0) is 6.54 Å². The van der Waals surface area contributed by atoms with Gasteiger partial charge in [-0.25, -0.2) is 0 Å². The first kappa shape index (κ1) is 15.4. The number of aryl methyl sites for hydroxylation is 3. The van der Waals surface area contributed by atoms with E-state index in [0.29, 0.717) is 22.8 Å².